The van der Waals surface area contributed by atoms with Crippen molar-refractivity contribution in [2.45, 2.75) is 13.3 Å². The minimum Gasteiger partial charge on any atom is -0.360 e. The highest BCUT2D eigenvalue weighted by atomic mass is 32.1. The summed E-state index contributed by atoms with van der Waals surface area (Å²) >= 11 is 1.86. The third-order valence-electron chi connectivity index (χ3n) is 3.87. The van der Waals surface area contributed by atoms with Crippen molar-refractivity contribution >= 4 is 32.3 Å². The number of fused-ring (bicyclic) bond motifs is 2. The number of nitrogens with one attached hydrogen (secondary N) is 1. The Bertz CT molecular complexity index is 865. The van der Waals surface area contributed by atoms with Gasteiger partial charge >= 0.3 is 0 Å². The number of para-hydroxylation sites is 1. The molecule has 2 aromatic heterocycles. The van der Waals surface area contributed by atoms with E-state index in [4.69, 9.17) is 0 Å². The van der Waals surface area contributed by atoms with Gasteiger partial charge in [-0.3, -0.25) is 0 Å². The van der Waals surface area contributed by atoms with Crippen molar-refractivity contribution in [1.29, 1.82) is 0 Å². The number of thiophene rings is 1. The Morgan fingerprint density at radius 2 is 1.95 bits per heavy atom. The predicted molar refractivity (Wildman–Crippen MR) is 88.5 cm³/mol. The maximum atomic E-state index is 3.46. The first-order valence-corrected chi connectivity index (χ1v) is 7.76. The Hall–Kier alpha value is -2.06. The highest BCUT2D eigenvalue weighted by Crippen LogP contribution is 2.37. The number of aryl methyl sites for hydroxylation is 1. The Kier molecular flexibility index (Phi) is 2.64. The molecule has 0 atom stereocenters. The molecule has 0 aliphatic heterocycles. The van der Waals surface area contributed by atoms with E-state index in [1.165, 1.54) is 37.0 Å². The second-order valence-corrected chi connectivity index (χ2v) is 6.13. The molecule has 1 N–H and O–H groups in total. The average molecular weight is 277 g/mol. The number of hydrogen-bond acceptors (Lipinski definition) is 1. The number of aromatic nitrogens is 1. The first-order valence-electron chi connectivity index (χ1n) is 6.94. The van der Waals surface area contributed by atoms with Gasteiger partial charge in [-0.15, -0.1) is 11.3 Å². The lowest BCUT2D eigenvalue weighted by Crippen LogP contribution is -1.81. The number of rotatable bonds is 2. The van der Waals surface area contributed by atoms with Crippen molar-refractivity contribution in [1.82, 2.24) is 4.98 Å². The van der Waals surface area contributed by atoms with Gasteiger partial charge in [-0.1, -0.05) is 43.3 Å². The molecular formula is C18H15NS. The van der Waals surface area contributed by atoms with Crippen LogP contribution in [0.3, 0.4) is 0 Å². The molecule has 1 nitrogen and oxygen atoms in total. The lowest BCUT2D eigenvalue weighted by molar-refractivity contribution is 1.15. The van der Waals surface area contributed by atoms with Crippen LogP contribution in [-0.2, 0) is 6.42 Å². The molecule has 0 aliphatic carbocycles. The summed E-state index contributed by atoms with van der Waals surface area (Å²) in [6.45, 7) is 2.20. The molecule has 0 aliphatic rings. The van der Waals surface area contributed by atoms with Crippen LogP contribution in [0.5, 0.6) is 0 Å². The molecule has 0 spiro atoms. The first-order chi connectivity index (χ1) is 9.86. The zero-order valence-corrected chi connectivity index (χ0v) is 12.1. The molecule has 98 valence electrons. The van der Waals surface area contributed by atoms with Gasteiger partial charge in [0.2, 0.25) is 0 Å². The van der Waals surface area contributed by atoms with E-state index in [2.05, 4.69) is 66.6 Å². The van der Waals surface area contributed by atoms with Crippen LogP contribution in [0.15, 0.2) is 54.7 Å². The van der Waals surface area contributed by atoms with Gasteiger partial charge < -0.3 is 4.98 Å². The van der Waals surface area contributed by atoms with E-state index in [0.29, 0.717) is 0 Å². The van der Waals surface area contributed by atoms with Crippen LogP contribution in [0.1, 0.15) is 12.5 Å². The minimum absolute atomic E-state index is 1.06. The molecule has 0 bridgehead atoms. The van der Waals surface area contributed by atoms with Crippen molar-refractivity contribution in [3.63, 3.8) is 0 Å². The minimum atomic E-state index is 1.06. The van der Waals surface area contributed by atoms with Gasteiger partial charge in [-0.2, -0.15) is 0 Å². The lowest BCUT2D eigenvalue weighted by Gasteiger charge is -1.99. The van der Waals surface area contributed by atoms with Gasteiger partial charge in [-0.25, -0.2) is 0 Å². The van der Waals surface area contributed by atoms with Crippen molar-refractivity contribution in [3.05, 3.63) is 60.3 Å². The molecule has 0 amide bonds. The summed E-state index contributed by atoms with van der Waals surface area (Å²) in [6.07, 6.45) is 3.21. The lowest BCUT2D eigenvalue weighted by atomic mass is 10.1. The summed E-state index contributed by atoms with van der Waals surface area (Å²) in [5.41, 5.74) is 3.98. The molecule has 2 aromatic carbocycles. The standard InChI is InChI=1S/C18H15NS/c1-2-12-7-5-8-14-15(11-19-18(12)14)17-10-13-6-3-4-9-16(13)20-17/h3-11,19H,2H2,1H3. The zero-order chi connectivity index (χ0) is 13.5. The summed E-state index contributed by atoms with van der Waals surface area (Å²) in [7, 11) is 0. The molecule has 2 heteroatoms. The number of hydrogen-bond donors (Lipinski definition) is 1. The second kappa shape index (κ2) is 4.50. The molecule has 4 aromatic rings. The third-order valence-corrected chi connectivity index (χ3v) is 5.02. The molecule has 0 fully saturated rings. The quantitative estimate of drug-likeness (QED) is 0.490. The summed E-state index contributed by atoms with van der Waals surface area (Å²) in [5.74, 6) is 0. The van der Waals surface area contributed by atoms with E-state index in [0.717, 1.165) is 6.42 Å². The van der Waals surface area contributed by atoms with Crippen LogP contribution >= 0.6 is 11.3 Å². The molecule has 0 unspecified atom stereocenters. The topological polar surface area (TPSA) is 15.8 Å². The third kappa shape index (κ3) is 1.69. The van der Waals surface area contributed by atoms with Gasteiger partial charge in [0.1, 0.15) is 0 Å². The number of aromatic amines is 1. The van der Waals surface area contributed by atoms with Crippen LogP contribution in [0.4, 0.5) is 0 Å². The Morgan fingerprint density at radius 3 is 2.80 bits per heavy atom. The van der Waals surface area contributed by atoms with Gasteiger partial charge in [0, 0.05) is 32.2 Å². The molecule has 0 saturated heterocycles. The van der Waals surface area contributed by atoms with E-state index in [1.807, 2.05) is 11.3 Å². The van der Waals surface area contributed by atoms with Gasteiger partial charge in [0.15, 0.2) is 0 Å². The summed E-state index contributed by atoms with van der Waals surface area (Å²) in [4.78, 5) is 4.80. The van der Waals surface area contributed by atoms with E-state index in [1.54, 1.807) is 0 Å². The monoisotopic (exact) mass is 277 g/mol. The molecule has 0 radical (unpaired) electrons. The summed E-state index contributed by atoms with van der Waals surface area (Å²) in [5, 5.41) is 2.66. The molecule has 0 saturated carbocycles. The van der Waals surface area contributed by atoms with Crippen molar-refractivity contribution in [2.75, 3.05) is 0 Å². The Morgan fingerprint density at radius 1 is 1.05 bits per heavy atom. The van der Waals surface area contributed by atoms with Gasteiger partial charge in [0.05, 0.1) is 0 Å². The van der Waals surface area contributed by atoms with E-state index >= 15 is 0 Å². The molecule has 2 heterocycles. The van der Waals surface area contributed by atoms with E-state index in [-0.39, 0.29) is 0 Å². The van der Waals surface area contributed by atoms with Crippen LogP contribution in [-0.4, -0.2) is 4.98 Å². The number of benzene rings is 2. The summed E-state index contributed by atoms with van der Waals surface area (Å²) < 4.78 is 1.35. The SMILES string of the molecule is CCc1cccc2c(-c3cc4ccccc4s3)c[nH]c12. The van der Waals surface area contributed by atoms with Crippen LogP contribution in [0.2, 0.25) is 0 Å². The predicted octanol–water partition coefficient (Wildman–Crippen LogP) is 5.61. The van der Waals surface area contributed by atoms with E-state index in [9.17, 15) is 0 Å². The van der Waals surface area contributed by atoms with Gasteiger partial charge in [0.25, 0.3) is 0 Å². The first kappa shape index (κ1) is 11.7. The highest BCUT2D eigenvalue weighted by molar-refractivity contribution is 7.22. The smallest absolute Gasteiger partial charge is 0.0493 e. The number of H-pyrrole nitrogens is 1. The van der Waals surface area contributed by atoms with Crippen LogP contribution in [0.25, 0.3) is 31.4 Å². The van der Waals surface area contributed by atoms with Crippen LogP contribution < -0.4 is 0 Å². The fourth-order valence-electron chi connectivity index (χ4n) is 2.83. The Balaban J connectivity index is 1.98. The molecule has 4 rings (SSSR count). The van der Waals surface area contributed by atoms with Gasteiger partial charge in [-0.05, 0) is 29.5 Å². The van der Waals surface area contributed by atoms with E-state index < -0.39 is 0 Å². The second-order valence-electron chi connectivity index (χ2n) is 5.04. The fraction of sp³-hybridized carbons (Fsp3) is 0.111. The maximum absolute atomic E-state index is 3.46. The van der Waals surface area contributed by atoms with Crippen molar-refractivity contribution in [2.24, 2.45) is 0 Å². The molecular weight excluding hydrogens is 262 g/mol. The van der Waals surface area contributed by atoms with Crippen molar-refractivity contribution < 1.29 is 0 Å². The normalized spacial score (nSPS) is 11.4. The maximum Gasteiger partial charge on any atom is 0.0493 e. The Labute approximate surface area is 121 Å². The average Bonchev–Trinajstić information content (AvgIpc) is 3.09. The van der Waals surface area contributed by atoms with Crippen molar-refractivity contribution in [3.8, 4) is 10.4 Å². The summed E-state index contributed by atoms with van der Waals surface area (Å²) in [6, 6.07) is 17.4. The largest absolute Gasteiger partial charge is 0.360 e. The van der Waals surface area contributed by atoms with Crippen LogP contribution in [0, 0.1) is 0 Å². The zero-order valence-electron chi connectivity index (χ0n) is 11.3. The molecule has 20 heavy (non-hydrogen) atoms. The fourth-order valence-corrected chi connectivity index (χ4v) is 3.92. The highest BCUT2D eigenvalue weighted by Gasteiger charge is 2.10.